The molecule has 0 bridgehead atoms. The number of hydrogen-bond acceptors (Lipinski definition) is 7. The lowest BCUT2D eigenvalue weighted by Crippen LogP contribution is -2.41. The molecule has 10 nitrogen and oxygen atoms in total. The van der Waals surface area contributed by atoms with E-state index in [4.69, 9.17) is 28.9 Å². The molecule has 5 N–H and O–H groups in total. The van der Waals surface area contributed by atoms with Crippen LogP contribution in [0.15, 0.2) is 30.5 Å². The number of H-pyrrole nitrogens is 1. The molecule has 1 aromatic carbocycles. The summed E-state index contributed by atoms with van der Waals surface area (Å²) >= 11 is 0. The molecule has 2 aliphatic heterocycles. The molecule has 38 heavy (non-hydrogen) atoms. The highest BCUT2D eigenvalue weighted by molar-refractivity contribution is 6.62. The van der Waals surface area contributed by atoms with Crippen LogP contribution in [0.5, 0.6) is 0 Å². The minimum absolute atomic E-state index is 0.250. The summed E-state index contributed by atoms with van der Waals surface area (Å²) in [4.78, 5) is 27.2. The van der Waals surface area contributed by atoms with Crippen molar-refractivity contribution in [3.05, 3.63) is 36.3 Å². The molecule has 2 saturated heterocycles. The van der Waals surface area contributed by atoms with Crippen molar-refractivity contribution in [2.45, 2.75) is 70.5 Å². The van der Waals surface area contributed by atoms with E-state index in [1.807, 2.05) is 6.20 Å². The first-order valence-corrected chi connectivity index (χ1v) is 13.1. The van der Waals surface area contributed by atoms with Crippen LogP contribution in [0.4, 0.5) is 0 Å². The topological polar surface area (TPSA) is 149 Å². The van der Waals surface area contributed by atoms with Crippen LogP contribution in [0.1, 0.15) is 65.1 Å². The standard InChI is InChI=1S/C25H36BN3O4.CH5N.CH2O2/c1-24(2)25(3,4)33-26(32-24)21-9-7-19(8-10-21)22-15-28-23(29-22)20(6-5-12-27-17-30)14-18-11-13-31-16-18;1-2;2-1-3/h7-10,15,17-18,20H,5-6,11-14,16H2,1-4H3,(H,27,30)(H,28,29);2H2,1H3;1H,(H,2,3). The third-order valence-electron chi connectivity index (χ3n) is 7.33. The van der Waals surface area contributed by atoms with Crippen molar-refractivity contribution in [2.75, 3.05) is 26.8 Å². The fourth-order valence-electron chi connectivity index (χ4n) is 4.54. The van der Waals surface area contributed by atoms with E-state index < -0.39 is 0 Å². The third kappa shape index (κ3) is 8.39. The Morgan fingerprint density at radius 1 is 1.18 bits per heavy atom. The number of aromatic amines is 1. The summed E-state index contributed by atoms with van der Waals surface area (Å²) < 4.78 is 17.9. The number of ether oxygens (including phenoxy) is 1. The SMILES string of the molecule is CC1(C)OB(c2ccc(-c3cnc(C(CCCNC=O)CC4CCOC4)[nH]3)cc2)OC1(C)C.CN.O=CO. The molecule has 2 unspecified atom stereocenters. The van der Waals surface area contributed by atoms with Crippen molar-refractivity contribution in [1.29, 1.82) is 0 Å². The van der Waals surface area contributed by atoms with Gasteiger partial charge in [-0.3, -0.25) is 9.59 Å². The Hall–Kier alpha value is -2.73. The van der Waals surface area contributed by atoms with Crippen LogP contribution in [0.2, 0.25) is 0 Å². The zero-order chi connectivity index (χ0) is 28.2. The van der Waals surface area contributed by atoms with Gasteiger partial charge in [0.05, 0.1) is 23.1 Å². The molecule has 1 aromatic heterocycles. The Labute approximate surface area is 226 Å². The fraction of sp³-hybridized carbons (Fsp3) is 0.593. The van der Waals surface area contributed by atoms with E-state index in [2.05, 4.69) is 68.0 Å². The Morgan fingerprint density at radius 2 is 1.82 bits per heavy atom. The van der Waals surface area contributed by atoms with Crippen LogP contribution in [-0.2, 0) is 23.6 Å². The molecular formula is C27H43BN4O6. The highest BCUT2D eigenvalue weighted by Crippen LogP contribution is 2.36. The first kappa shape index (κ1) is 31.5. The van der Waals surface area contributed by atoms with Gasteiger partial charge in [0.1, 0.15) is 5.82 Å². The molecule has 2 aromatic rings. The second-order valence-corrected chi connectivity index (χ2v) is 10.4. The van der Waals surface area contributed by atoms with Crippen molar-refractivity contribution in [2.24, 2.45) is 11.7 Å². The van der Waals surface area contributed by atoms with Crippen molar-refractivity contribution in [1.82, 2.24) is 15.3 Å². The first-order valence-electron chi connectivity index (χ1n) is 13.1. The van der Waals surface area contributed by atoms with Gasteiger partial charge in [-0.05, 0) is 77.4 Å². The van der Waals surface area contributed by atoms with Crippen LogP contribution < -0.4 is 16.5 Å². The van der Waals surface area contributed by atoms with Crippen LogP contribution in [0.25, 0.3) is 11.3 Å². The molecule has 210 valence electrons. The van der Waals surface area contributed by atoms with Crippen LogP contribution in [0.3, 0.4) is 0 Å². The number of nitrogens with one attached hydrogen (secondary N) is 2. The number of carbonyl (C=O) groups excluding carboxylic acids is 1. The van der Waals surface area contributed by atoms with Crippen molar-refractivity contribution >= 4 is 25.5 Å². The second-order valence-electron chi connectivity index (χ2n) is 10.4. The normalized spacial score (nSPS) is 19.9. The summed E-state index contributed by atoms with van der Waals surface area (Å²) in [6.07, 6.45) is 6.74. The van der Waals surface area contributed by atoms with E-state index in [1.54, 1.807) is 0 Å². The van der Waals surface area contributed by atoms with Crippen molar-refractivity contribution < 1.29 is 28.7 Å². The molecule has 0 spiro atoms. The quantitative estimate of drug-likeness (QED) is 0.208. The lowest BCUT2D eigenvalue weighted by atomic mass is 9.79. The van der Waals surface area contributed by atoms with Gasteiger partial charge in [-0.15, -0.1) is 0 Å². The molecule has 0 radical (unpaired) electrons. The van der Waals surface area contributed by atoms with Gasteiger partial charge in [-0.1, -0.05) is 24.3 Å². The zero-order valence-corrected chi connectivity index (χ0v) is 23.2. The summed E-state index contributed by atoms with van der Waals surface area (Å²) in [7, 11) is 1.14. The smallest absolute Gasteiger partial charge is 0.483 e. The Morgan fingerprint density at radius 3 is 2.37 bits per heavy atom. The fourth-order valence-corrected chi connectivity index (χ4v) is 4.54. The minimum Gasteiger partial charge on any atom is -0.483 e. The van der Waals surface area contributed by atoms with E-state index in [1.165, 1.54) is 7.05 Å². The number of carboxylic acid groups (broad SMARTS) is 1. The van der Waals surface area contributed by atoms with E-state index in [0.717, 1.165) is 67.9 Å². The number of benzene rings is 1. The second kappa shape index (κ2) is 15.0. The molecule has 2 fully saturated rings. The van der Waals surface area contributed by atoms with E-state index in [-0.39, 0.29) is 24.8 Å². The monoisotopic (exact) mass is 530 g/mol. The predicted molar refractivity (Wildman–Crippen MR) is 148 cm³/mol. The Balaban J connectivity index is 0.000000947. The summed E-state index contributed by atoms with van der Waals surface area (Å²) in [5.41, 5.74) is 6.90. The lowest BCUT2D eigenvalue weighted by molar-refractivity contribution is -0.122. The average molecular weight is 530 g/mol. The maximum Gasteiger partial charge on any atom is 0.494 e. The van der Waals surface area contributed by atoms with Gasteiger partial charge in [-0.25, -0.2) is 4.98 Å². The highest BCUT2D eigenvalue weighted by atomic mass is 16.7. The number of carbonyl (C=O) groups is 2. The largest absolute Gasteiger partial charge is 0.494 e. The number of amides is 1. The number of rotatable bonds is 10. The molecule has 2 atom stereocenters. The lowest BCUT2D eigenvalue weighted by Gasteiger charge is -2.32. The summed E-state index contributed by atoms with van der Waals surface area (Å²) in [6, 6.07) is 8.31. The van der Waals surface area contributed by atoms with E-state index in [0.29, 0.717) is 18.4 Å². The number of aromatic nitrogens is 2. The average Bonchev–Trinajstić information content (AvgIpc) is 3.63. The van der Waals surface area contributed by atoms with Crippen LogP contribution in [-0.4, -0.2) is 73.1 Å². The molecular weight excluding hydrogens is 487 g/mol. The molecule has 0 saturated carbocycles. The highest BCUT2D eigenvalue weighted by Gasteiger charge is 2.51. The van der Waals surface area contributed by atoms with E-state index >= 15 is 0 Å². The summed E-state index contributed by atoms with van der Waals surface area (Å²) in [5.74, 6) is 1.91. The van der Waals surface area contributed by atoms with Gasteiger partial charge in [0.2, 0.25) is 6.41 Å². The van der Waals surface area contributed by atoms with Crippen LogP contribution in [0, 0.1) is 5.92 Å². The Kier molecular flexibility index (Phi) is 12.4. The van der Waals surface area contributed by atoms with Crippen molar-refractivity contribution in [3.8, 4) is 11.3 Å². The summed E-state index contributed by atoms with van der Waals surface area (Å²) in [5, 5.41) is 9.65. The van der Waals surface area contributed by atoms with Gasteiger partial charge in [0.25, 0.3) is 6.47 Å². The predicted octanol–water partition coefficient (Wildman–Crippen LogP) is 2.69. The molecule has 4 rings (SSSR count). The number of imidazole rings is 1. The maximum atomic E-state index is 10.6. The summed E-state index contributed by atoms with van der Waals surface area (Å²) in [6.45, 7) is 10.4. The Bertz CT molecular complexity index is 960. The van der Waals surface area contributed by atoms with Gasteiger partial charge in [0, 0.05) is 25.7 Å². The van der Waals surface area contributed by atoms with Crippen LogP contribution >= 0.6 is 0 Å². The number of nitrogens with two attached hydrogens (primary N) is 1. The van der Waals surface area contributed by atoms with Gasteiger partial charge in [-0.2, -0.15) is 0 Å². The number of nitrogens with zero attached hydrogens (tertiary/aromatic N) is 1. The maximum absolute atomic E-state index is 10.6. The molecule has 3 heterocycles. The molecule has 11 heteroatoms. The minimum atomic E-state index is -0.362. The zero-order valence-electron chi connectivity index (χ0n) is 23.2. The van der Waals surface area contributed by atoms with Crippen molar-refractivity contribution in [3.63, 3.8) is 0 Å². The van der Waals surface area contributed by atoms with Gasteiger partial charge < -0.3 is 35.2 Å². The third-order valence-corrected chi connectivity index (χ3v) is 7.33. The molecule has 0 aliphatic carbocycles. The van der Waals surface area contributed by atoms with Gasteiger partial charge in [0.15, 0.2) is 0 Å². The van der Waals surface area contributed by atoms with Gasteiger partial charge >= 0.3 is 7.12 Å². The number of hydrogen-bond donors (Lipinski definition) is 4. The molecule has 1 amide bonds. The molecule has 2 aliphatic rings. The first-order chi connectivity index (χ1) is 18.2. The van der Waals surface area contributed by atoms with E-state index in [9.17, 15) is 4.79 Å².